The highest BCUT2D eigenvalue weighted by Crippen LogP contribution is 2.46. The van der Waals surface area contributed by atoms with Crippen molar-refractivity contribution in [2.45, 2.75) is 77.5 Å². The number of thioether (sulfide) groups is 1. The predicted octanol–water partition coefficient (Wildman–Crippen LogP) is 3.97. The number of carbonyl (C=O) groups is 4. The third-order valence-electron chi connectivity index (χ3n) is 9.36. The van der Waals surface area contributed by atoms with E-state index in [1.165, 1.54) is 0 Å². The number of hydrogen-bond acceptors (Lipinski definition) is 5. The summed E-state index contributed by atoms with van der Waals surface area (Å²) < 4.78 is 0. The van der Waals surface area contributed by atoms with Crippen LogP contribution in [0.5, 0.6) is 0 Å². The highest BCUT2D eigenvalue weighted by atomic mass is 32.2. The molecule has 3 aliphatic heterocycles. The van der Waals surface area contributed by atoms with Crippen LogP contribution < -0.4 is 10.6 Å². The van der Waals surface area contributed by atoms with E-state index in [2.05, 4.69) is 27.2 Å². The molecule has 0 spiro atoms. The number of H-pyrrole nitrogens is 2. The molecule has 234 valence electrons. The van der Waals surface area contributed by atoms with Gasteiger partial charge in [-0.05, 0) is 67.5 Å². The molecule has 2 aromatic heterocycles. The minimum atomic E-state index is -0.890. The minimum Gasteiger partial charge on any atom is -0.481 e. The van der Waals surface area contributed by atoms with Crippen LogP contribution in [0, 0.1) is 25.7 Å². The molecule has 10 nitrogen and oxygen atoms in total. The maximum absolute atomic E-state index is 12.6. The van der Waals surface area contributed by atoms with Crippen LogP contribution in [0.2, 0.25) is 0 Å². The van der Waals surface area contributed by atoms with Crippen molar-refractivity contribution in [3.63, 3.8) is 0 Å². The fourth-order valence-corrected chi connectivity index (χ4v) is 7.57. The van der Waals surface area contributed by atoms with Crippen molar-refractivity contribution in [2.24, 2.45) is 11.8 Å². The van der Waals surface area contributed by atoms with Gasteiger partial charge in [-0.15, -0.1) is 0 Å². The molecule has 4 atom stereocenters. The minimum absolute atomic E-state index is 0.0190. The van der Waals surface area contributed by atoms with Crippen LogP contribution >= 0.6 is 11.8 Å². The summed E-state index contributed by atoms with van der Waals surface area (Å²) in [5.41, 5.74) is 9.56. The zero-order valence-corrected chi connectivity index (χ0v) is 26.4. The van der Waals surface area contributed by atoms with E-state index < -0.39 is 11.9 Å². The number of rotatable bonds is 13. The number of aromatic nitrogens is 2. The molecule has 2 amide bonds. The Bertz CT molecular complexity index is 1610. The molecule has 11 heteroatoms. The van der Waals surface area contributed by atoms with Gasteiger partial charge in [-0.3, -0.25) is 19.2 Å². The molecule has 5 rings (SSSR count). The molecule has 5 heterocycles. The van der Waals surface area contributed by atoms with Gasteiger partial charge in [0.1, 0.15) is 0 Å². The second-order valence-corrected chi connectivity index (χ2v) is 13.3. The average molecular weight is 621 g/mol. The molecular formula is C33H40N4O6S. The lowest BCUT2D eigenvalue weighted by molar-refractivity contribution is -0.138. The highest BCUT2D eigenvalue weighted by Gasteiger charge is 2.45. The first-order chi connectivity index (χ1) is 20.9. The Kier molecular flexibility index (Phi) is 8.97. The number of carbonyl (C=O) groups excluding carboxylic acids is 2. The third-order valence-corrected chi connectivity index (χ3v) is 10.4. The summed E-state index contributed by atoms with van der Waals surface area (Å²) in [4.78, 5) is 55.2. The fourth-order valence-electron chi connectivity index (χ4n) is 6.67. The molecule has 2 fully saturated rings. The van der Waals surface area contributed by atoms with Gasteiger partial charge < -0.3 is 30.8 Å². The van der Waals surface area contributed by atoms with Crippen LogP contribution in [0.15, 0.2) is 29.5 Å². The summed E-state index contributed by atoms with van der Waals surface area (Å²) in [7, 11) is 0. The number of amides is 2. The number of aliphatic carboxylic acids is 2. The molecule has 0 unspecified atom stereocenters. The Balaban J connectivity index is 1.51. The van der Waals surface area contributed by atoms with Crippen molar-refractivity contribution in [1.82, 2.24) is 20.6 Å². The second kappa shape index (κ2) is 12.6. The Morgan fingerprint density at radius 3 is 2.16 bits per heavy atom. The van der Waals surface area contributed by atoms with Crippen LogP contribution in [0.25, 0.3) is 6.08 Å². The largest absolute Gasteiger partial charge is 0.481 e. The molecule has 0 radical (unpaired) electrons. The molecule has 2 aromatic rings. The smallest absolute Gasteiger partial charge is 0.303 e. The summed E-state index contributed by atoms with van der Waals surface area (Å²) in [6.45, 7) is 11.6. The van der Waals surface area contributed by atoms with Crippen molar-refractivity contribution in [1.29, 1.82) is 0 Å². The lowest BCUT2D eigenvalue weighted by Gasteiger charge is -2.12. The highest BCUT2D eigenvalue weighted by molar-refractivity contribution is 8.06. The summed E-state index contributed by atoms with van der Waals surface area (Å²) in [5, 5.41) is 25.5. The molecular weight excluding hydrogens is 580 g/mol. The first-order valence-electron chi connectivity index (χ1n) is 15.0. The summed E-state index contributed by atoms with van der Waals surface area (Å²) in [6.07, 6.45) is 5.11. The van der Waals surface area contributed by atoms with Crippen LogP contribution in [0.3, 0.4) is 0 Å². The van der Waals surface area contributed by atoms with E-state index in [1.54, 1.807) is 6.08 Å². The van der Waals surface area contributed by atoms with Gasteiger partial charge >= 0.3 is 11.9 Å². The zero-order valence-electron chi connectivity index (χ0n) is 25.6. The molecule has 0 saturated carbocycles. The second-order valence-electron chi connectivity index (χ2n) is 12.1. The van der Waals surface area contributed by atoms with E-state index in [9.17, 15) is 29.4 Å². The summed E-state index contributed by atoms with van der Waals surface area (Å²) in [5.74, 6) is -0.871. The van der Waals surface area contributed by atoms with E-state index in [0.29, 0.717) is 36.5 Å². The van der Waals surface area contributed by atoms with E-state index >= 15 is 0 Å². The summed E-state index contributed by atoms with van der Waals surface area (Å²) in [6, 6.07) is -0.202. The van der Waals surface area contributed by atoms with Crippen LogP contribution in [-0.4, -0.2) is 61.0 Å². The predicted molar refractivity (Wildman–Crippen MR) is 169 cm³/mol. The first kappa shape index (κ1) is 31.4. The lowest BCUT2D eigenvalue weighted by Crippen LogP contribution is -2.30. The van der Waals surface area contributed by atoms with Gasteiger partial charge in [-0.25, -0.2) is 0 Å². The van der Waals surface area contributed by atoms with E-state index in [4.69, 9.17) is 0 Å². The number of nitrogens with one attached hydrogen (secondary N) is 4. The quantitative estimate of drug-likeness (QED) is 0.185. The molecule has 6 N–H and O–H groups in total. The molecule has 0 bridgehead atoms. The number of carboxylic acid groups (broad SMARTS) is 2. The lowest BCUT2D eigenvalue weighted by atomic mass is 9.91. The van der Waals surface area contributed by atoms with Crippen molar-refractivity contribution < 1.29 is 29.4 Å². The Hall–Kier alpha value is -3.99. The molecule has 0 aliphatic carbocycles. The molecule has 3 aliphatic rings. The first-order valence-corrected chi connectivity index (χ1v) is 16.1. The number of allylic oxidation sites excluding steroid dienone is 1. The fraction of sp³-hybridized carbons (Fsp3) is 0.455. The SMILES string of the molecule is C=CC1=C(C)[C@@H](Cc2[nH]c(Cc3[nH]c(/C=C4/NC(=O)[C@H](C)[C@H]4[C@H]4CS4)c(C)c3CCC(=O)O)c(CCC(=O)O)c2C)NC1=O. The van der Waals surface area contributed by atoms with E-state index in [0.717, 1.165) is 62.1 Å². The topological polar surface area (TPSA) is 164 Å². The monoisotopic (exact) mass is 620 g/mol. The van der Waals surface area contributed by atoms with E-state index in [-0.39, 0.29) is 42.5 Å². The van der Waals surface area contributed by atoms with Gasteiger partial charge in [-0.1, -0.05) is 19.6 Å². The van der Waals surface area contributed by atoms with Crippen molar-refractivity contribution >= 4 is 41.6 Å². The number of carboxylic acids is 2. The average Bonchev–Trinajstić information content (AvgIpc) is 3.53. The van der Waals surface area contributed by atoms with E-state index in [1.807, 2.05) is 45.5 Å². The Morgan fingerprint density at radius 2 is 1.59 bits per heavy atom. The van der Waals surface area contributed by atoms with Gasteiger partial charge in [0.25, 0.3) is 5.91 Å². The standard InChI is InChI=1S/C33H40N4O6S/c1-6-19-15(2)24(36-33(19)43)11-22-16(3)20(7-9-29(38)39)25(34-22)13-26-21(8-10-30(40)41)17(4)23(35-26)12-27-31(28-14-44-28)18(5)32(42)37-27/h6,12,18,24,28,31,34-35H,1,7-11,13-14H2,2-5H3,(H,36,43)(H,37,42)(H,38,39)(H,40,41)/b27-12+/t18-,24-,28-,31-/m1/s1. The van der Waals surface area contributed by atoms with Crippen LogP contribution in [0.4, 0.5) is 0 Å². The van der Waals surface area contributed by atoms with Gasteiger partial charge in [0.15, 0.2) is 0 Å². The normalized spacial score (nSPS) is 23.8. The zero-order chi connectivity index (χ0) is 31.9. The van der Waals surface area contributed by atoms with Gasteiger partial charge in [0.05, 0.1) is 6.04 Å². The summed E-state index contributed by atoms with van der Waals surface area (Å²) >= 11 is 1.85. The molecule has 44 heavy (non-hydrogen) atoms. The van der Waals surface area contributed by atoms with Gasteiger partial charge in [0, 0.05) is 82.6 Å². The van der Waals surface area contributed by atoms with Crippen LogP contribution in [-0.2, 0) is 44.9 Å². The maximum Gasteiger partial charge on any atom is 0.303 e. The van der Waals surface area contributed by atoms with Crippen molar-refractivity contribution in [3.8, 4) is 0 Å². The number of hydrogen-bond donors (Lipinski definition) is 6. The molecule has 2 saturated heterocycles. The Morgan fingerprint density at radius 1 is 0.977 bits per heavy atom. The Labute approximate surface area is 260 Å². The van der Waals surface area contributed by atoms with Crippen LogP contribution in [0.1, 0.15) is 71.7 Å². The van der Waals surface area contributed by atoms with Gasteiger partial charge in [0.2, 0.25) is 5.91 Å². The molecule has 0 aromatic carbocycles. The van der Waals surface area contributed by atoms with Gasteiger partial charge in [-0.2, -0.15) is 11.8 Å². The maximum atomic E-state index is 12.6. The third kappa shape index (κ3) is 6.29. The van der Waals surface area contributed by atoms with Crippen molar-refractivity contribution in [2.75, 3.05) is 5.75 Å². The van der Waals surface area contributed by atoms with Crippen molar-refractivity contribution in [3.05, 3.63) is 74.5 Å². The number of aromatic amines is 2.